The van der Waals surface area contributed by atoms with Gasteiger partial charge in [-0.05, 0) is 123 Å². The summed E-state index contributed by atoms with van der Waals surface area (Å²) in [6, 6.07) is 8.75. The van der Waals surface area contributed by atoms with Gasteiger partial charge >= 0.3 is 0 Å². The third-order valence-electron chi connectivity index (χ3n) is 11.7. The lowest BCUT2D eigenvalue weighted by Gasteiger charge is -2.66. The zero-order valence-electron chi connectivity index (χ0n) is 22.8. The number of rotatable bonds is 5. The van der Waals surface area contributed by atoms with Crippen LogP contribution in [0, 0.1) is 23.2 Å². The Morgan fingerprint density at radius 3 is 2.59 bits per heavy atom. The van der Waals surface area contributed by atoms with Crippen LogP contribution < -0.4 is 9.74 Å². The number of nitrogens with one attached hydrogen (secondary N) is 1. The van der Waals surface area contributed by atoms with Gasteiger partial charge in [-0.3, -0.25) is 4.90 Å². The van der Waals surface area contributed by atoms with E-state index in [0.29, 0.717) is 16.9 Å². The second-order valence-electron chi connectivity index (χ2n) is 14.4. The van der Waals surface area contributed by atoms with Crippen molar-refractivity contribution in [3.8, 4) is 5.75 Å². The van der Waals surface area contributed by atoms with Crippen LogP contribution in [0.25, 0.3) is 0 Å². The van der Waals surface area contributed by atoms with E-state index in [-0.39, 0.29) is 5.04 Å². The lowest BCUT2D eigenvalue weighted by Crippen LogP contribution is -2.70. The van der Waals surface area contributed by atoms with Crippen molar-refractivity contribution in [2.75, 3.05) is 20.1 Å². The van der Waals surface area contributed by atoms with Crippen LogP contribution in [0.15, 0.2) is 18.2 Å². The molecule has 4 fully saturated rings. The Bertz CT molecular complexity index is 965. The molecule has 188 valence electrons. The van der Waals surface area contributed by atoms with Gasteiger partial charge in [0, 0.05) is 24.0 Å². The first-order valence-electron chi connectivity index (χ1n) is 14.3. The molecule has 1 aliphatic heterocycles. The summed E-state index contributed by atoms with van der Waals surface area (Å²) in [7, 11) is 0.356. The van der Waals surface area contributed by atoms with Gasteiger partial charge in [-0.2, -0.15) is 0 Å². The van der Waals surface area contributed by atoms with Crippen molar-refractivity contribution in [1.82, 2.24) is 10.2 Å². The van der Waals surface area contributed by atoms with E-state index < -0.39 is 8.32 Å². The zero-order valence-corrected chi connectivity index (χ0v) is 23.8. The minimum absolute atomic E-state index is 0.220. The SMILES string of the molecule is CNC1CC[C@]23C[C@H](C)C1C21CCN(CC2CC2)C3Cc2ccc(O[Si](C)(C)C(C)(C)C)cc21. The first-order chi connectivity index (χ1) is 16.0. The molecule has 5 aliphatic rings. The zero-order chi connectivity index (χ0) is 24.1. The summed E-state index contributed by atoms with van der Waals surface area (Å²) in [6.45, 7) is 17.1. The molecule has 1 aromatic rings. The van der Waals surface area contributed by atoms with E-state index in [4.69, 9.17) is 4.43 Å². The minimum atomic E-state index is -1.87. The molecule has 0 aromatic heterocycles. The summed E-state index contributed by atoms with van der Waals surface area (Å²) in [4.78, 5) is 2.98. The maximum absolute atomic E-state index is 6.91. The predicted molar refractivity (Wildman–Crippen MR) is 144 cm³/mol. The second kappa shape index (κ2) is 7.58. The Morgan fingerprint density at radius 1 is 1.15 bits per heavy atom. The highest BCUT2D eigenvalue weighted by Gasteiger charge is 2.73. The van der Waals surface area contributed by atoms with Crippen molar-refractivity contribution in [2.45, 2.75) is 108 Å². The van der Waals surface area contributed by atoms with Gasteiger partial charge in [-0.1, -0.05) is 33.8 Å². The van der Waals surface area contributed by atoms with E-state index in [0.717, 1.165) is 29.5 Å². The largest absolute Gasteiger partial charge is 0.543 e. The number of benzene rings is 1. The van der Waals surface area contributed by atoms with Gasteiger partial charge in [0.15, 0.2) is 0 Å². The molecule has 4 heteroatoms. The minimum Gasteiger partial charge on any atom is -0.543 e. The van der Waals surface area contributed by atoms with E-state index in [9.17, 15) is 0 Å². The molecule has 6 rings (SSSR count). The first-order valence-corrected chi connectivity index (χ1v) is 17.2. The van der Waals surface area contributed by atoms with Crippen molar-refractivity contribution in [1.29, 1.82) is 0 Å². The average Bonchev–Trinajstić information content (AvgIpc) is 3.55. The number of likely N-dealkylation sites (tertiary alicyclic amines) is 1. The molecule has 1 aromatic carbocycles. The molecule has 1 N–H and O–H groups in total. The van der Waals surface area contributed by atoms with E-state index in [1.807, 2.05) is 0 Å². The predicted octanol–water partition coefficient (Wildman–Crippen LogP) is 6.37. The van der Waals surface area contributed by atoms with Crippen LogP contribution in [0.1, 0.15) is 77.3 Å². The summed E-state index contributed by atoms with van der Waals surface area (Å²) in [6.07, 6.45) is 9.72. The maximum atomic E-state index is 6.91. The molecule has 4 bridgehead atoms. The fourth-order valence-electron chi connectivity index (χ4n) is 9.15. The molecule has 4 aliphatic carbocycles. The number of piperidine rings is 1. The quantitative estimate of drug-likeness (QED) is 0.495. The van der Waals surface area contributed by atoms with Crippen LogP contribution in [0.5, 0.6) is 5.75 Å². The molecule has 3 saturated carbocycles. The summed E-state index contributed by atoms with van der Waals surface area (Å²) < 4.78 is 6.91. The molecule has 0 spiro atoms. The van der Waals surface area contributed by atoms with Crippen LogP contribution >= 0.6 is 0 Å². The smallest absolute Gasteiger partial charge is 0.250 e. The molecule has 3 nitrogen and oxygen atoms in total. The molecular formula is C30H48N2OSi. The van der Waals surface area contributed by atoms with Crippen LogP contribution in [0.4, 0.5) is 0 Å². The van der Waals surface area contributed by atoms with Crippen molar-refractivity contribution in [2.24, 2.45) is 23.2 Å². The van der Waals surface area contributed by atoms with E-state index in [1.54, 1.807) is 11.1 Å². The van der Waals surface area contributed by atoms with Gasteiger partial charge in [-0.25, -0.2) is 0 Å². The van der Waals surface area contributed by atoms with Crippen molar-refractivity contribution >= 4 is 8.32 Å². The highest BCUT2D eigenvalue weighted by molar-refractivity contribution is 6.74. The molecule has 6 atom stereocenters. The Balaban J connectivity index is 1.47. The van der Waals surface area contributed by atoms with Gasteiger partial charge in [0.05, 0.1) is 0 Å². The van der Waals surface area contributed by atoms with Gasteiger partial charge in [0.1, 0.15) is 5.75 Å². The van der Waals surface area contributed by atoms with E-state index >= 15 is 0 Å². The van der Waals surface area contributed by atoms with Gasteiger partial charge < -0.3 is 9.74 Å². The first kappa shape index (κ1) is 23.5. The fourth-order valence-corrected chi connectivity index (χ4v) is 10.2. The van der Waals surface area contributed by atoms with Crippen LogP contribution in [-0.2, 0) is 11.8 Å². The van der Waals surface area contributed by atoms with Crippen LogP contribution in [0.2, 0.25) is 18.1 Å². The van der Waals surface area contributed by atoms with Crippen LogP contribution in [0.3, 0.4) is 0 Å². The summed E-state index contributed by atoms with van der Waals surface area (Å²) >= 11 is 0. The monoisotopic (exact) mass is 480 g/mol. The Labute approximate surface area is 209 Å². The number of hydrogen-bond donors (Lipinski definition) is 1. The van der Waals surface area contributed by atoms with Crippen LogP contribution in [-0.4, -0.2) is 45.4 Å². The second-order valence-corrected chi connectivity index (χ2v) is 19.1. The summed E-state index contributed by atoms with van der Waals surface area (Å²) in [5.41, 5.74) is 4.11. The molecule has 4 unspecified atom stereocenters. The molecule has 1 saturated heterocycles. The standard InChI is InChI=1S/C30H48N2OSi/c1-20-18-29-13-12-25(31-5)27(20)30(29)14-15-32(19-21-8-9-21)26(29)16-22-10-11-23(17-24(22)30)33-34(6,7)28(2,3)4/h10-11,17,20-21,25-27,31H,8-9,12-16,18-19H2,1-7H3/t20-,25?,26?,27?,29+,30?/m0/s1. The molecule has 34 heavy (non-hydrogen) atoms. The van der Waals surface area contributed by atoms with E-state index in [2.05, 4.69) is 76.3 Å². The fraction of sp³-hybridized carbons (Fsp3) is 0.800. The van der Waals surface area contributed by atoms with Crippen molar-refractivity contribution in [3.05, 3.63) is 29.3 Å². The summed E-state index contributed by atoms with van der Waals surface area (Å²) in [5.74, 6) is 3.67. The Hall–Kier alpha value is -0.843. The third-order valence-corrected chi connectivity index (χ3v) is 16.0. The Morgan fingerprint density at radius 2 is 1.91 bits per heavy atom. The number of nitrogens with zero attached hydrogens (tertiary/aromatic N) is 1. The van der Waals surface area contributed by atoms with Gasteiger partial charge in [-0.15, -0.1) is 0 Å². The lowest BCUT2D eigenvalue weighted by atomic mass is 9.43. The Kier molecular flexibility index (Phi) is 5.25. The lowest BCUT2D eigenvalue weighted by molar-refractivity contribution is -0.0955. The normalized spacial score (nSPS) is 39.5. The topological polar surface area (TPSA) is 24.5 Å². The number of hydrogen-bond acceptors (Lipinski definition) is 3. The molecule has 0 amide bonds. The van der Waals surface area contributed by atoms with Gasteiger partial charge in [0.2, 0.25) is 8.32 Å². The number of fused-ring (bicyclic) bond motifs is 1. The average molecular weight is 481 g/mol. The summed E-state index contributed by atoms with van der Waals surface area (Å²) in [5, 5.41) is 4.03. The van der Waals surface area contributed by atoms with Gasteiger partial charge in [0.25, 0.3) is 0 Å². The molecule has 0 radical (unpaired) electrons. The highest BCUT2D eigenvalue weighted by atomic mass is 28.4. The molecule has 1 heterocycles. The van der Waals surface area contributed by atoms with Crippen molar-refractivity contribution < 1.29 is 4.43 Å². The third kappa shape index (κ3) is 3.13. The van der Waals surface area contributed by atoms with E-state index in [1.165, 1.54) is 58.0 Å². The van der Waals surface area contributed by atoms with Crippen molar-refractivity contribution in [3.63, 3.8) is 0 Å². The highest BCUT2D eigenvalue weighted by Crippen LogP contribution is 2.73. The molecular weight excluding hydrogens is 432 g/mol. The maximum Gasteiger partial charge on any atom is 0.250 e.